The lowest BCUT2D eigenvalue weighted by Crippen LogP contribution is -2.10. The van der Waals surface area contributed by atoms with Gasteiger partial charge in [0.2, 0.25) is 0 Å². The molecule has 0 bridgehead atoms. The number of allylic oxidation sites excluding steroid dienone is 1. The molecular weight excluding hydrogens is 120 g/mol. The molecule has 0 rings (SSSR count). The molecule has 0 saturated carbocycles. The van der Waals surface area contributed by atoms with E-state index in [-0.39, 0.29) is 0 Å². The van der Waals surface area contributed by atoms with Crippen molar-refractivity contribution in [1.29, 1.82) is 0 Å². The maximum absolute atomic E-state index is 3.68. The molecule has 0 N–H and O–H groups in total. The Balaban J connectivity index is 3.56. The molecule has 59 valence electrons. The standard InChI is InChI=1S/C10H19/c1-6-7-9(2)8-10(3,4)5/h6-7,9H,1,8H2,2-5H3. The van der Waals surface area contributed by atoms with E-state index in [1.807, 2.05) is 6.08 Å². The van der Waals surface area contributed by atoms with Crippen LogP contribution in [0.2, 0.25) is 0 Å². The predicted octanol–water partition coefficient (Wildman–Crippen LogP) is 3.45. The van der Waals surface area contributed by atoms with Crippen molar-refractivity contribution in [3.63, 3.8) is 0 Å². The summed E-state index contributed by atoms with van der Waals surface area (Å²) in [7, 11) is 0. The van der Waals surface area contributed by atoms with Crippen LogP contribution in [0.3, 0.4) is 0 Å². The van der Waals surface area contributed by atoms with Gasteiger partial charge in [0, 0.05) is 0 Å². The zero-order valence-electron chi connectivity index (χ0n) is 7.65. The van der Waals surface area contributed by atoms with Gasteiger partial charge in [-0.3, -0.25) is 0 Å². The first-order chi connectivity index (χ1) is 4.45. The molecule has 0 spiro atoms. The molecule has 0 nitrogen and oxygen atoms in total. The molecule has 1 atom stereocenters. The lowest BCUT2D eigenvalue weighted by Gasteiger charge is -2.21. The highest BCUT2D eigenvalue weighted by Crippen LogP contribution is 2.25. The van der Waals surface area contributed by atoms with Crippen molar-refractivity contribution in [3.8, 4) is 0 Å². The topological polar surface area (TPSA) is 0 Å². The SMILES string of the molecule is C=C[CH]C(C)CC(C)(C)C. The van der Waals surface area contributed by atoms with Crippen molar-refractivity contribution in [2.45, 2.75) is 34.1 Å². The van der Waals surface area contributed by atoms with Crippen LogP contribution in [0.25, 0.3) is 0 Å². The molecular formula is C10H19. The first-order valence-corrected chi connectivity index (χ1v) is 3.91. The van der Waals surface area contributed by atoms with Crippen LogP contribution in [0.1, 0.15) is 34.1 Å². The van der Waals surface area contributed by atoms with Crippen molar-refractivity contribution in [2.24, 2.45) is 11.3 Å². The first kappa shape index (κ1) is 9.74. The molecule has 0 heteroatoms. The third-order valence-corrected chi connectivity index (χ3v) is 1.40. The smallest absolute Gasteiger partial charge is 0.0145 e. The molecule has 0 aromatic heterocycles. The lowest BCUT2D eigenvalue weighted by atomic mass is 9.84. The highest BCUT2D eigenvalue weighted by atomic mass is 14.2. The fourth-order valence-corrected chi connectivity index (χ4v) is 1.27. The van der Waals surface area contributed by atoms with Crippen molar-refractivity contribution in [3.05, 3.63) is 19.1 Å². The predicted molar refractivity (Wildman–Crippen MR) is 47.7 cm³/mol. The highest BCUT2D eigenvalue weighted by molar-refractivity contribution is 4.91. The Morgan fingerprint density at radius 1 is 1.40 bits per heavy atom. The minimum atomic E-state index is 0.443. The maximum Gasteiger partial charge on any atom is -0.0145 e. The van der Waals surface area contributed by atoms with E-state index in [0.717, 1.165) is 0 Å². The zero-order valence-corrected chi connectivity index (χ0v) is 7.65. The van der Waals surface area contributed by atoms with Crippen molar-refractivity contribution in [2.75, 3.05) is 0 Å². The van der Waals surface area contributed by atoms with E-state index in [4.69, 9.17) is 0 Å². The van der Waals surface area contributed by atoms with Gasteiger partial charge >= 0.3 is 0 Å². The maximum atomic E-state index is 3.68. The van der Waals surface area contributed by atoms with Crippen LogP contribution < -0.4 is 0 Å². The van der Waals surface area contributed by atoms with E-state index in [1.165, 1.54) is 6.42 Å². The lowest BCUT2D eigenvalue weighted by molar-refractivity contribution is 0.330. The summed E-state index contributed by atoms with van der Waals surface area (Å²) in [5.74, 6) is 0.664. The van der Waals surface area contributed by atoms with Gasteiger partial charge in [0.15, 0.2) is 0 Å². The largest absolute Gasteiger partial charge is 0.103 e. The zero-order chi connectivity index (χ0) is 8.20. The Labute approximate surface area is 65.3 Å². The van der Waals surface area contributed by atoms with Crippen LogP contribution in [0, 0.1) is 17.8 Å². The number of hydrogen-bond acceptors (Lipinski definition) is 0. The Hall–Kier alpha value is -0.260. The fraction of sp³-hybridized carbons (Fsp3) is 0.700. The summed E-state index contributed by atoms with van der Waals surface area (Å²) in [6.07, 6.45) is 5.28. The minimum absolute atomic E-state index is 0.443. The van der Waals surface area contributed by atoms with E-state index in [2.05, 4.69) is 40.7 Å². The average molecular weight is 139 g/mol. The molecule has 0 amide bonds. The first-order valence-electron chi connectivity index (χ1n) is 3.91. The Kier molecular flexibility index (Phi) is 3.70. The average Bonchev–Trinajstić information content (AvgIpc) is 1.59. The number of rotatable bonds is 3. The highest BCUT2D eigenvalue weighted by Gasteiger charge is 2.13. The molecule has 0 aliphatic heterocycles. The van der Waals surface area contributed by atoms with Gasteiger partial charge < -0.3 is 0 Å². The third kappa shape index (κ3) is 5.87. The Morgan fingerprint density at radius 3 is 2.20 bits per heavy atom. The quantitative estimate of drug-likeness (QED) is 0.562. The van der Waals surface area contributed by atoms with E-state index >= 15 is 0 Å². The summed E-state index contributed by atoms with van der Waals surface area (Å²) in [6, 6.07) is 0. The Bertz CT molecular complexity index is 95.1. The summed E-state index contributed by atoms with van der Waals surface area (Å²) in [4.78, 5) is 0. The normalized spacial score (nSPS) is 14.8. The van der Waals surface area contributed by atoms with Gasteiger partial charge in [-0.25, -0.2) is 0 Å². The summed E-state index contributed by atoms with van der Waals surface area (Å²) in [6.45, 7) is 12.7. The fourth-order valence-electron chi connectivity index (χ4n) is 1.27. The van der Waals surface area contributed by atoms with Crippen LogP contribution in [0.4, 0.5) is 0 Å². The molecule has 0 saturated heterocycles. The van der Waals surface area contributed by atoms with Gasteiger partial charge in [0.25, 0.3) is 0 Å². The summed E-state index contributed by atoms with van der Waals surface area (Å²) >= 11 is 0. The third-order valence-electron chi connectivity index (χ3n) is 1.40. The second-order valence-electron chi connectivity index (χ2n) is 4.17. The van der Waals surface area contributed by atoms with Crippen molar-refractivity contribution < 1.29 is 0 Å². The van der Waals surface area contributed by atoms with Crippen molar-refractivity contribution >= 4 is 0 Å². The van der Waals surface area contributed by atoms with Gasteiger partial charge in [-0.05, 0) is 24.2 Å². The molecule has 1 radical (unpaired) electrons. The molecule has 0 aromatic rings. The van der Waals surface area contributed by atoms with Crippen LogP contribution in [-0.2, 0) is 0 Å². The van der Waals surface area contributed by atoms with Gasteiger partial charge in [-0.1, -0.05) is 33.8 Å². The van der Waals surface area contributed by atoms with Gasteiger partial charge in [-0.15, -0.1) is 6.58 Å². The van der Waals surface area contributed by atoms with E-state index in [0.29, 0.717) is 11.3 Å². The summed E-state index contributed by atoms with van der Waals surface area (Å²) < 4.78 is 0. The van der Waals surface area contributed by atoms with Crippen LogP contribution in [0.5, 0.6) is 0 Å². The van der Waals surface area contributed by atoms with E-state index in [9.17, 15) is 0 Å². The van der Waals surface area contributed by atoms with Gasteiger partial charge in [0.05, 0.1) is 0 Å². The van der Waals surface area contributed by atoms with Crippen LogP contribution in [0.15, 0.2) is 12.7 Å². The monoisotopic (exact) mass is 139 g/mol. The Morgan fingerprint density at radius 2 is 1.90 bits per heavy atom. The van der Waals surface area contributed by atoms with Gasteiger partial charge in [-0.2, -0.15) is 0 Å². The second-order valence-corrected chi connectivity index (χ2v) is 4.17. The van der Waals surface area contributed by atoms with Crippen molar-refractivity contribution in [1.82, 2.24) is 0 Å². The molecule has 0 heterocycles. The molecule has 1 unspecified atom stereocenters. The van der Waals surface area contributed by atoms with Crippen LogP contribution in [-0.4, -0.2) is 0 Å². The molecule has 0 aromatic carbocycles. The van der Waals surface area contributed by atoms with Crippen LogP contribution >= 0.6 is 0 Å². The van der Waals surface area contributed by atoms with E-state index in [1.54, 1.807) is 0 Å². The summed E-state index contributed by atoms with van der Waals surface area (Å²) in [5, 5.41) is 0. The number of hydrogen-bond donors (Lipinski definition) is 0. The molecule has 0 aliphatic carbocycles. The second kappa shape index (κ2) is 3.80. The summed E-state index contributed by atoms with van der Waals surface area (Å²) in [5.41, 5.74) is 0.443. The molecule has 10 heavy (non-hydrogen) atoms. The minimum Gasteiger partial charge on any atom is -0.103 e. The van der Waals surface area contributed by atoms with Gasteiger partial charge in [0.1, 0.15) is 0 Å². The molecule has 0 fully saturated rings. The van der Waals surface area contributed by atoms with E-state index < -0.39 is 0 Å². The molecule has 0 aliphatic rings.